The van der Waals surface area contributed by atoms with Crippen LogP contribution in [0.3, 0.4) is 0 Å². The predicted octanol–water partition coefficient (Wildman–Crippen LogP) is 2.25. The van der Waals surface area contributed by atoms with Crippen molar-refractivity contribution >= 4 is 5.97 Å². The molecule has 1 aromatic rings. The third-order valence-electron chi connectivity index (χ3n) is 2.83. The van der Waals surface area contributed by atoms with Crippen molar-refractivity contribution in [2.75, 3.05) is 13.7 Å². The molecule has 0 aliphatic rings. The molecule has 18 heavy (non-hydrogen) atoms. The van der Waals surface area contributed by atoms with Gasteiger partial charge in [-0.05, 0) is 38.1 Å². The van der Waals surface area contributed by atoms with E-state index in [0.29, 0.717) is 6.61 Å². The molecule has 4 heteroatoms. The fraction of sp³-hybridized carbons (Fsp3) is 0.571. The van der Waals surface area contributed by atoms with Crippen LogP contribution < -0.4 is 0 Å². The minimum absolute atomic E-state index is 0.129. The van der Waals surface area contributed by atoms with Gasteiger partial charge in [0.25, 0.3) is 0 Å². The smallest absolute Gasteiger partial charge is 0.323 e. The van der Waals surface area contributed by atoms with Crippen molar-refractivity contribution in [3.63, 3.8) is 0 Å². The van der Waals surface area contributed by atoms with Crippen LogP contribution in [0.2, 0.25) is 0 Å². The van der Waals surface area contributed by atoms with Crippen LogP contribution in [0.4, 0.5) is 0 Å². The van der Waals surface area contributed by atoms with Crippen molar-refractivity contribution in [1.29, 1.82) is 0 Å². The highest BCUT2D eigenvalue weighted by Gasteiger charge is 2.23. The van der Waals surface area contributed by atoms with Gasteiger partial charge in [0.05, 0.1) is 6.61 Å². The first kappa shape index (κ1) is 14.6. The zero-order valence-electron chi connectivity index (χ0n) is 11.4. The molecule has 0 amide bonds. The molecular formula is C14H22N2O2. The first-order valence-electron chi connectivity index (χ1n) is 6.44. The third kappa shape index (κ3) is 4.45. The lowest BCUT2D eigenvalue weighted by atomic mass is 10.1. The maximum Gasteiger partial charge on any atom is 0.323 e. The molecule has 0 saturated carbocycles. The molecule has 0 bridgehead atoms. The molecular weight excluding hydrogens is 228 g/mol. The minimum atomic E-state index is -0.164. The van der Waals surface area contributed by atoms with E-state index in [1.54, 1.807) is 12.4 Å². The van der Waals surface area contributed by atoms with Crippen LogP contribution in [0.15, 0.2) is 24.5 Å². The molecule has 0 saturated heterocycles. The summed E-state index contributed by atoms with van der Waals surface area (Å²) in [6.45, 7) is 5.07. The van der Waals surface area contributed by atoms with Crippen molar-refractivity contribution in [3.8, 4) is 0 Å². The van der Waals surface area contributed by atoms with Crippen LogP contribution >= 0.6 is 0 Å². The lowest BCUT2D eigenvalue weighted by molar-refractivity contribution is -0.149. The molecule has 0 aliphatic carbocycles. The number of pyridine rings is 1. The monoisotopic (exact) mass is 250 g/mol. The number of esters is 1. The summed E-state index contributed by atoms with van der Waals surface area (Å²) in [5.41, 5.74) is 1.15. The zero-order chi connectivity index (χ0) is 13.4. The highest BCUT2D eigenvalue weighted by atomic mass is 16.5. The summed E-state index contributed by atoms with van der Waals surface area (Å²) < 4.78 is 5.12. The average Bonchev–Trinajstić information content (AvgIpc) is 2.37. The van der Waals surface area contributed by atoms with E-state index in [4.69, 9.17) is 4.74 Å². The summed E-state index contributed by atoms with van der Waals surface area (Å²) >= 11 is 0. The van der Waals surface area contributed by atoms with E-state index in [2.05, 4.69) is 11.9 Å². The van der Waals surface area contributed by atoms with E-state index < -0.39 is 0 Å². The summed E-state index contributed by atoms with van der Waals surface area (Å²) in [6, 6.07) is 3.76. The molecule has 0 aliphatic heterocycles. The van der Waals surface area contributed by atoms with E-state index in [-0.39, 0.29) is 12.0 Å². The van der Waals surface area contributed by atoms with Gasteiger partial charge in [-0.2, -0.15) is 0 Å². The van der Waals surface area contributed by atoms with Crippen LogP contribution in [0.25, 0.3) is 0 Å². The van der Waals surface area contributed by atoms with Crippen LogP contribution in [-0.4, -0.2) is 35.5 Å². The van der Waals surface area contributed by atoms with Crippen LogP contribution in [-0.2, 0) is 16.1 Å². The highest BCUT2D eigenvalue weighted by Crippen LogP contribution is 2.11. The topological polar surface area (TPSA) is 42.4 Å². The minimum Gasteiger partial charge on any atom is -0.465 e. The van der Waals surface area contributed by atoms with Gasteiger partial charge in [-0.15, -0.1) is 0 Å². The molecule has 0 aromatic carbocycles. The van der Waals surface area contributed by atoms with Gasteiger partial charge in [0.15, 0.2) is 0 Å². The fourth-order valence-electron chi connectivity index (χ4n) is 1.92. The quantitative estimate of drug-likeness (QED) is 0.696. The number of likely N-dealkylation sites (N-methyl/N-ethyl adjacent to an activating group) is 1. The summed E-state index contributed by atoms with van der Waals surface area (Å²) in [7, 11) is 1.96. The Bertz CT molecular complexity index is 354. The van der Waals surface area contributed by atoms with Gasteiger partial charge in [-0.25, -0.2) is 0 Å². The Hall–Kier alpha value is -1.42. The maximum absolute atomic E-state index is 11.9. The van der Waals surface area contributed by atoms with E-state index in [0.717, 1.165) is 24.9 Å². The Kier molecular flexibility index (Phi) is 6.36. The number of rotatable bonds is 7. The molecule has 1 aromatic heterocycles. The summed E-state index contributed by atoms with van der Waals surface area (Å²) in [5.74, 6) is -0.129. The van der Waals surface area contributed by atoms with E-state index >= 15 is 0 Å². The van der Waals surface area contributed by atoms with Crippen LogP contribution in [0.1, 0.15) is 32.3 Å². The van der Waals surface area contributed by atoms with E-state index in [1.165, 1.54) is 0 Å². The van der Waals surface area contributed by atoms with Crippen LogP contribution in [0.5, 0.6) is 0 Å². The second kappa shape index (κ2) is 7.82. The fourth-order valence-corrected chi connectivity index (χ4v) is 1.92. The second-order valence-corrected chi connectivity index (χ2v) is 4.33. The van der Waals surface area contributed by atoms with Gasteiger partial charge >= 0.3 is 5.97 Å². The van der Waals surface area contributed by atoms with E-state index in [9.17, 15) is 4.79 Å². The lowest BCUT2D eigenvalue weighted by Gasteiger charge is -2.26. The van der Waals surface area contributed by atoms with Crippen molar-refractivity contribution in [1.82, 2.24) is 9.88 Å². The van der Waals surface area contributed by atoms with Crippen molar-refractivity contribution in [3.05, 3.63) is 30.1 Å². The van der Waals surface area contributed by atoms with E-state index in [1.807, 2.05) is 31.0 Å². The Balaban J connectivity index is 2.64. The first-order valence-corrected chi connectivity index (χ1v) is 6.44. The highest BCUT2D eigenvalue weighted by molar-refractivity contribution is 5.75. The van der Waals surface area contributed by atoms with Crippen molar-refractivity contribution in [2.45, 2.75) is 39.3 Å². The first-order chi connectivity index (χ1) is 8.69. The molecule has 1 atom stereocenters. The van der Waals surface area contributed by atoms with Crippen molar-refractivity contribution < 1.29 is 9.53 Å². The SMILES string of the molecule is CCCC(C(=O)OCC)N(C)Cc1ccncc1. The number of carbonyl (C=O) groups is 1. The average molecular weight is 250 g/mol. The number of hydrogen-bond donors (Lipinski definition) is 0. The Morgan fingerprint density at radius 2 is 2.06 bits per heavy atom. The Morgan fingerprint density at radius 1 is 1.39 bits per heavy atom. The summed E-state index contributed by atoms with van der Waals surface area (Å²) in [6.07, 6.45) is 5.31. The molecule has 1 unspecified atom stereocenters. The molecule has 1 heterocycles. The molecule has 0 radical (unpaired) electrons. The zero-order valence-corrected chi connectivity index (χ0v) is 11.4. The number of hydrogen-bond acceptors (Lipinski definition) is 4. The lowest BCUT2D eigenvalue weighted by Crippen LogP contribution is -2.39. The van der Waals surface area contributed by atoms with Gasteiger partial charge in [0.1, 0.15) is 6.04 Å². The molecule has 1 rings (SSSR count). The number of ether oxygens (including phenoxy) is 1. The van der Waals surface area contributed by atoms with Gasteiger partial charge < -0.3 is 4.74 Å². The molecule has 0 N–H and O–H groups in total. The molecule has 0 spiro atoms. The Morgan fingerprint density at radius 3 is 2.61 bits per heavy atom. The standard InChI is InChI=1S/C14H22N2O2/c1-4-6-13(14(17)18-5-2)16(3)11-12-7-9-15-10-8-12/h7-10,13H,4-6,11H2,1-3H3. The largest absolute Gasteiger partial charge is 0.465 e. The van der Waals surface area contributed by atoms with Gasteiger partial charge in [-0.3, -0.25) is 14.7 Å². The number of carbonyl (C=O) groups excluding carboxylic acids is 1. The van der Waals surface area contributed by atoms with Gasteiger partial charge in [0, 0.05) is 18.9 Å². The van der Waals surface area contributed by atoms with Gasteiger partial charge in [0.2, 0.25) is 0 Å². The third-order valence-corrected chi connectivity index (χ3v) is 2.83. The van der Waals surface area contributed by atoms with Gasteiger partial charge in [-0.1, -0.05) is 13.3 Å². The maximum atomic E-state index is 11.9. The summed E-state index contributed by atoms with van der Waals surface area (Å²) in [5, 5.41) is 0. The summed E-state index contributed by atoms with van der Waals surface area (Å²) in [4.78, 5) is 17.9. The number of aromatic nitrogens is 1. The van der Waals surface area contributed by atoms with Crippen LogP contribution in [0, 0.1) is 0 Å². The second-order valence-electron chi connectivity index (χ2n) is 4.33. The Labute approximate surface area is 109 Å². The predicted molar refractivity (Wildman–Crippen MR) is 71.0 cm³/mol. The molecule has 100 valence electrons. The molecule has 4 nitrogen and oxygen atoms in total. The van der Waals surface area contributed by atoms with Crippen molar-refractivity contribution in [2.24, 2.45) is 0 Å². The normalized spacial score (nSPS) is 12.4. The molecule has 0 fully saturated rings. The number of nitrogens with zero attached hydrogens (tertiary/aromatic N) is 2.